The van der Waals surface area contributed by atoms with E-state index in [0.29, 0.717) is 24.3 Å². The monoisotopic (exact) mass is 200 g/mol. The highest BCUT2D eigenvalue weighted by molar-refractivity contribution is 5.00. The van der Waals surface area contributed by atoms with Gasteiger partial charge in [0.25, 0.3) is 0 Å². The molecule has 2 aliphatic heterocycles. The molecule has 2 N–H and O–H groups in total. The highest BCUT2D eigenvalue weighted by atomic mass is 16.5. The second-order valence-corrected chi connectivity index (χ2v) is 4.09. The minimum absolute atomic E-state index is 0.336. The Morgan fingerprint density at radius 2 is 1.29 bits per heavy atom. The fourth-order valence-corrected chi connectivity index (χ4v) is 2.65. The first-order chi connectivity index (χ1) is 6.86. The lowest BCUT2D eigenvalue weighted by Crippen LogP contribution is -2.52. The van der Waals surface area contributed by atoms with Crippen LogP contribution in [-0.2, 0) is 9.47 Å². The number of methoxy groups -OCH3 is 2. The molecule has 2 rings (SSSR count). The molecule has 0 bridgehead atoms. The minimum Gasteiger partial charge on any atom is -0.380 e. The van der Waals surface area contributed by atoms with Gasteiger partial charge in [0.15, 0.2) is 0 Å². The van der Waals surface area contributed by atoms with Crippen LogP contribution in [0.2, 0.25) is 0 Å². The van der Waals surface area contributed by atoms with Crippen LogP contribution in [0.1, 0.15) is 12.8 Å². The molecular weight excluding hydrogens is 180 g/mol. The molecule has 0 unspecified atom stereocenters. The summed E-state index contributed by atoms with van der Waals surface area (Å²) in [6.07, 6.45) is 2.89. The lowest BCUT2D eigenvalue weighted by Gasteiger charge is -2.28. The molecule has 0 aromatic rings. The summed E-state index contributed by atoms with van der Waals surface area (Å²) >= 11 is 0. The van der Waals surface area contributed by atoms with Gasteiger partial charge in [0.2, 0.25) is 0 Å². The summed E-state index contributed by atoms with van der Waals surface area (Å²) in [5.41, 5.74) is 0. The van der Waals surface area contributed by atoms with Crippen LogP contribution >= 0.6 is 0 Å². The Bertz CT molecular complexity index is 169. The third kappa shape index (κ3) is 1.80. The average Bonchev–Trinajstić information content (AvgIpc) is 2.85. The molecule has 14 heavy (non-hydrogen) atoms. The zero-order chi connectivity index (χ0) is 9.97. The van der Waals surface area contributed by atoms with Crippen molar-refractivity contribution in [1.82, 2.24) is 10.6 Å². The van der Waals surface area contributed by atoms with Gasteiger partial charge in [-0.15, -0.1) is 0 Å². The zero-order valence-electron chi connectivity index (χ0n) is 8.95. The molecular formula is C10H20N2O2. The summed E-state index contributed by atoms with van der Waals surface area (Å²) < 4.78 is 10.9. The third-order valence-electron chi connectivity index (χ3n) is 3.41. The standard InChI is InChI=1S/C10H20N2O2/c1-13-7-3-5-11-9(7)10-8(14-2)4-6-12-10/h7-12H,3-6H2,1-2H3/t7-,8-,9-,10-/m1/s1. The van der Waals surface area contributed by atoms with Crippen molar-refractivity contribution < 1.29 is 9.47 Å². The number of nitrogens with one attached hydrogen (secondary N) is 2. The molecule has 4 nitrogen and oxygen atoms in total. The van der Waals surface area contributed by atoms with Gasteiger partial charge < -0.3 is 20.1 Å². The average molecular weight is 200 g/mol. The van der Waals surface area contributed by atoms with Crippen molar-refractivity contribution in [3.05, 3.63) is 0 Å². The molecule has 2 fully saturated rings. The molecule has 4 heteroatoms. The van der Waals surface area contributed by atoms with E-state index >= 15 is 0 Å². The van der Waals surface area contributed by atoms with E-state index in [4.69, 9.17) is 9.47 Å². The molecule has 0 aromatic heterocycles. The Balaban J connectivity index is 1.98. The Morgan fingerprint density at radius 1 is 0.857 bits per heavy atom. The van der Waals surface area contributed by atoms with Gasteiger partial charge in [-0.25, -0.2) is 0 Å². The topological polar surface area (TPSA) is 42.5 Å². The first kappa shape index (κ1) is 10.4. The van der Waals surface area contributed by atoms with Crippen molar-refractivity contribution in [2.45, 2.75) is 37.1 Å². The van der Waals surface area contributed by atoms with Crippen LogP contribution in [0.3, 0.4) is 0 Å². The van der Waals surface area contributed by atoms with E-state index in [2.05, 4.69) is 10.6 Å². The van der Waals surface area contributed by atoms with E-state index in [0.717, 1.165) is 25.9 Å². The van der Waals surface area contributed by atoms with Crippen LogP contribution in [-0.4, -0.2) is 51.6 Å². The summed E-state index contributed by atoms with van der Waals surface area (Å²) in [5, 5.41) is 6.99. The van der Waals surface area contributed by atoms with E-state index in [9.17, 15) is 0 Å². The smallest absolute Gasteiger partial charge is 0.0752 e. The lowest BCUT2D eigenvalue weighted by atomic mass is 10.00. The minimum atomic E-state index is 0.336. The Hall–Kier alpha value is -0.160. The lowest BCUT2D eigenvalue weighted by molar-refractivity contribution is 0.0382. The second kappa shape index (κ2) is 4.57. The second-order valence-electron chi connectivity index (χ2n) is 4.09. The summed E-state index contributed by atoms with van der Waals surface area (Å²) in [5.74, 6) is 0. The predicted molar refractivity (Wildman–Crippen MR) is 54.4 cm³/mol. The van der Waals surface area contributed by atoms with Crippen molar-refractivity contribution in [1.29, 1.82) is 0 Å². The summed E-state index contributed by atoms with van der Waals surface area (Å²) in [7, 11) is 3.59. The highest BCUT2D eigenvalue weighted by Crippen LogP contribution is 2.21. The van der Waals surface area contributed by atoms with E-state index in [1.165, 1.54) is 0 Å². The fourth-order valence-electron chi connectivity index (χ4n) is 2.65. The number of hydrogen-bond donors (Lipinski definition) is 2. The van der Waals surface area contributed by atoms with E-state index < -0.39 is 0 Å². The maximum atomic E-state index is 5.47. The van der Waals surface area contributed by atoms with E-state index in [-0.39, 0.29) is 0 Å². The van der Waals surface area contributed by atoms with Gasteiger partial charge >= 0.3 is 0 Å². The maximum Gasteiger partial charge on any atom is 0.0752 e. The van der Waals surface area contributed by atoms with Crippen molar-refractivity contribution in [3.8, 4) is 0 Å². The molecule has 0 amide bonds. The van der Waals surface area contributed by atoms with Gasteiger partial charge in [-0.2, -0.15) is 0 Å². The van der Waals surface area contributed by atoms with Crippen molar-refractivity contribution in [3.63, 3.8) is 0 Å². The largest absolute Gasteiger partial charge is 0.380 e. The van der Waals surface area contributed by atoms with Crippen LogP contribution in [0, 0.1) is 0 Å². The SMILES string of the molecule is CO[C@@H]1CCN[C@H]1[C@@H]1NCC[C@H]1OC. The molecule has 0 spiro atoms. The normalized spacial score (nSPS) is 43.3. The van der Waals surface area contributed by atoms with Gasteiger partial charge in [-0.3, -0.25) is 0 Å². The first-order valence-corrected chi connectivity index (χ1v) is 5.39. The molecule has 0 aromatic carbocycles. The van der Waals surface area contributed by atoms with Crippen LogP contribution < -0.4 is 10.6 Å². The summed E-state index contributed by atoms with van der Waals surface area (Å²) in [6, 6.07) is 0.819. The van der Waals surface area contributed by atoms with Gasteiger partial charge in [-0.05, 0) is 25.9 Å². The van der Waals surface area contributed by atoms with Gasteiger partial charge in [-0.1, -0.05) is 0 Å². The Kier molecular flexibility index (Phi) is 3.38. The number of rotatable bonds is 3. The van der Waals surface area contributed by atoms with Crippen LogP contribution in [0.15, 0.2) is 0 Å². The quantitative estimate of drug-likeness (QED) is 0.659. The van der Waals surface area contributed by atoms with Crippen LogP contribution in [0.25, 0.3) is 0 Å². The van der Waals surface area contributed by atoms with Gasteiger partial charge in [0, 0.05) is 14.2 Å². The van der Waals surface area contributed by atoms with Crippen molar-refractivity contribution in [2.75, 3.05) is 27.3 Å². The third-order valence-corrected chi connectivity index (χ3v) is 3.41. The number of hydrogen-bond acceptors (Lipinski definition) is 4. The molecule has 0 radical (unpaired) electrons. The molecule has 4 atom stereocenters. The van der Waals surface area contributed by atoms with Gasteiger partial charge in [0.1, 0.15) is 0 Å². The summed E-state index contributed by atoms with van der Waals surface area (Å²) in [6.45, 7) is 2.11. The first-order valence-electron chi connectivity index (χ1n) is 5.39. The zero-order valence-corrected chi connectivity index (χ0v) is 8.95. The molecule has 2 heterocycles. The van der Waals surface area contributed by atoms with Crippen LogP contribution in [0.4, 0.5) is 0 Å². The van der Waals surface area contributed by atoms with E-state index in [1.807, 2.05) is 0 Å². The van der Waals surface area contributed by atoms with Crippen LogP contribution in [0.5, 0.6) is 0 Å². The maximum absolute atomic E-state index is 5.47. The highest BCUT2D eigenvalue weighted by Gasteiger charge is 2.40. The van der Waals surface area contributed by atoms with Crippen molar-refractivity contribution >= 4 is 0 Å². The summed E-state index contributed by atoms with van der Waals surface area (Å²) in [4.78, 5) is 0. The Morgan fingerprint density at radius 3 is 1.64 bits per heavy atom. The van der Waals surface area contributed by atoms with E-state index in [1.54, 1.807) is 14.2 Å². The molecule has 0 saturated carbocycles. The molecule has 2 aliphatic rings. The van der Waals surface area contributed by atoms with Crippen molar-refractivity contribution in [2.24, 2.45) is 0 Å². The van der Waals surface area contributed by atoms with Gasteiger partial charge in [0.05, 0.1) is 24.3 Å². The molecule has 82 valence electrons. The molecule has 2 saturated heterocycles. The Labute approximate surface area is 85.3 Å². The predicted octanol–water partition coefficient (Wildman–Crippen LogP) is -0.260. The number of ether oxygens (including phenoxy) is 2. The fraction of sp³-hybridized carbons (Fsp3) is 1.00. The molecule has 0 aliphatic carbocycles.